The Bertz CT molecular complexity index is 1000. The summed E-state index contributed by atoms with van der Waals surface area (Å²) in [6.45, 7) is -0.357. The van der Waals surface area contributed by atoms with E-state index in [2.05, 4.69) is 31.1 Å². The maximum absolute atomic E-state index is 14.4. The Kier molecular flexibility index (Phi) is 3.95. The lowest BCUT2D eigenvalue weighted by Crippen LogP contribution is -2.10. The number of aliphatic imine (C=N–C) groups is 1. The lowest BCUT2D eigenvalue weighted by molar-refractivity contribution is 0.176. The molecule has 3 aromatic rings. The Morgan fingerprint density at radius 1 is 1.12 bits per heavy atom. The lowest BCUT2D eigenvalue weighted by atomic mass is 10.00. The van der Waals surface area contributed by atoms with Crippen LogP contribution >= 0.6 is 15.9 Å². The molecular weight excluding hydrogens is 391 g/mol. The Morgan fingerprint density at radius 2 is 1.92 bits per heavy atom. The fraction of sp³-hybridized carbons (Fsp3) is 0.118. The monoisotopic (exact) mass is 402 g/mol. The predicted molar refractivity (Wildman–Crippen MR) is 92.0 cm³/mol. The molecule has 25 heavy (non-hydrogen) atoms. The highest BCUT2D eigenvalue weighted by molar-refractivity contribution is 9.10. The zero-order chi connectivity index (χ0) is 17.6. The van der Waals surface area contributed by atoms with Gasteiger partial charge in [-0.2, -0.15) is 0 Å². The average Bonchev–Trinajstić information content (AvgIpc) is 2.99. The van der Waals surface area contributed by atoms with E-state index in [1.165, 1.54) is 6.07 Å². The summed E-state index contributed by atoms with van der Waals surface area (Å²) in [7, 11) is 0. The van der Waals surface area contributed by atoms with Gasteiger partial charge in [-0.25, -0.2) is 9.38 Å². The minimum atomic E-state index is -1.34. The van der Waals surface area contributed by atoms with Crippen LogP contribution in [0.2, 0.25) is 0 Å². The minimum Gasteiger partial charge on any atom is -0.388 e. The Hall–Kier alpha value is -2.42. The summed E-state index contributed by atoms with van der Waals surface area (Å²) in [5.74, 6) is -0.0130. The number of benzene rings is 2. The molecule has 0 spiro atoms. The van der Waals surface area contributed by atoms with Gasteiger partial charge in [0.1, 0.15) is 12.4 Å². The fourth-order valence-electron chi connectivity index (χ4n) is 2.87. The van der Waals surface area contributed by atoms with E-state index >= 15 is 0 Å². The summed E-state index contributed by atoms with van der Waals surface area (Å²) in [6, 6.07) is 11.6. The molecule has 0 aliphatic carbocycles. The SMILES string of the molecule is OCc1nnc2n1-c1ccc(Br)cc1C(c1ccccc1F)=NC2O. The van der Waals surface area contributed by atoms with E-state index in [1.54, 1.807) is 41.0 Å². The first-order valence-electron chi connectivity index (χ1n) is 7.46. The van der Waals surface area contributed by atoms with Crippen molar-refractivity contribution in [1.82, 2.24) is 14.8 Å². The first-order chi connectivity index (χ1) is 12.1. The van der Waals surface area contributed by atoms with E-state index < -0.39 is 12.0 Å². The van der Waals surface area contributed by atoms with Gasteiger partial charge in [-0.3, -0.25) is 4.57 Å². The molecule has 0 saturated carbocycles. The van der Waals surface area contributed by atoms with Gasteiger partial charge in [-0.05, 0) is 30.3 Å². The number of rotatable bonds is 2. The number of hydrogen-bond acceptors (Lipinski definition) is 5. The third-order valence-corrected chi connectivity index (χ3v) is 4.46. The highest BCUT2D eigenvalue weighted by Gasteiger charge is 2.28. The van der Waals surface area contributed by atoms with Crippen molar-refractivity contribution in [2.45, 2.75) is 12.8 Å². The minimum absolute atomic E-state index is 0.166. The molecule has 2 heterocycles. The van der Waals surface area contributed by atoms with Gasteiger partial charge in [0.05, 0.1) is 11.4 Å². The number of nitrogens with zero attached hydrogens (tertiary/aromatic N) is 4. The molecule has 6 nitrogen and oxygen atoms in total. The predicted octanol–water partition coefficient (Wildman–Crippen LogP) is 2.50. The van der Waals surface area contributed by atoms with Crippen LogP contribution in [0.3, 0.4) is 0 Å². The second-order valence-corrected chi connectivity index (χ2v) is 6.38. The van der Waals surface area contributed by atoms with Crippen molar-refractivity contribution in [1.29, 1.82) is 0 Å². The Morgan fingerprint density at radius 3 is 2.68 bits per heavy atom. The summed E-state index contributed by atoms with van der Waals surface area (Å²) >= 11 is 3.41. The van der Waals surface area contributed by atoms with E-state index in [4.69, 9.17) is 0 Å². The molecule has 1 atom stereocenters. The summed E-state index contributed by atoms with van der Waals surface area (Å²) in [5, 5.41) is 27.9. The van der Waals surface area contributed by atoms with E-state index in [-0.39, 0.29) is 23.8 Å². The van der Waals surface area contributed by atoms with Crippen molar-refractivity contribution in [2.75, 3.05) is 0 Å². The standard InChI is InChI=1S/C17H12BrFN4O2/c18-9-5-6-13-11(7-9)15(10-3-1-2-4-12(10)19)20-17(25)16-22-21-14(8-24)23(13)16/h1-7,17,24-25H,8H2. The van der Waals surface area contributed by atoms with Gasteiger partial charge < -0.3 is 10.2 Å². The fourth-order valence-corrected chi connectivity index (χ4v) is 3.23. The quantitative estimate of drug-likeness (QED) is 0.689. The zero-order valence-corrected chi connectivity index (χ0v) is 14.4. The molecule has 126 valence electrons. The second-order valence-electron chi connectivity index (χ2n) is 5.46. The number of hydrogen-bond donors (Lipinski definition) is 2. The van der Waals surface area contributed by atoms with E-state index in [0.717, 1.165) is 4.47 Å². The average molecular weight is 403 g/mol. The van der Waals surface area contributed by atoms with Crippen molar-refractivity contribution in [2.24, 2.45) is 4.99 Å². The zero-order valence-electron chi connectivity index (χ0n) is 12.8. The van der Waals surface area contributed by atoms with Crippen molar-refractivity contribution in [3.63, 3.8) is 0 Å². The number of aliphatic hydroxyl groups is 2. The lowest BCUT2D eigenvalue weighted by Gasteiger charge is -2.13. The Balaban J connectivity index is 2.06. The number of halogens is 2. The molecule has 0 saturated heterocycles. The summed E-state index contributed by atoms with van der Waals surface area (Å²) in [4.78, 5) is 4.28. The van der Waals surface area contributed by atoms with Crippen molar-refractivity contribution in [3.05, 3.63) is 75.5 Å². The molecule has 8 heteroatoms. The molecular formula is C17H12BrFN4O2. The van der Waals surface area contributed by atoms with Crippen LogP contribution in [0.4, 0.5) is 4.39 Å². The molecule has 0 bridgehead atoms. The van der Waals surface area contributed by atoms with Crippen molar-refractivity contribution < 1.29 is 14.6 Å². The van der Waals surface area contributed by atoms with Crippen LogP contribution in [0.25, 0.3) is 5.69 Å². The number of aromatic nitrogens is 3. The maximum atomic E-state index is 14.4. The highest BCUT2D eigenvalue weighted by atomic mass is 79.9. The summed E-state index contributed by atoms with van der Waals surface area (Å²) in [5.41, 5.74) is 1.76. The molecule has 0 fully saturated rings. The van der Waals surface area contributed by atoms with E-state index in [1.807, 2.05) is 0 Å². The van der Waals surface area contributed by atoms with Crippen LogP contribution in [0, 0.1) is 5.82 Å². The molecule has 0 amide bonds. The van der Waals surface area contributed by atoms with Gasteiger partial charge in [0.25, 0.3) is 0 Å². The third-order valence-electron chi connectivity index (χ3n) is 3.96. The van der Waals surface area contributed by atoms with Gasteiger partial charge in [0, 0.05) is 15.6 Å². The summed E-state index contributed by atoms with van der Waals surface area (Å²) in [6.07, 6.45) is -1.34. The van der Waals surface area contributed by atoms with Gasteiger partial charge >= 0.3 is 0 Å². The van der Waals surface area contributed by atoms with Crippen molar-refractivity contribution >= 4 is 21.6 Å². The second kappa shape index (κ2) is 6.14. The number of aliphatic hydroxyl groups excluding tert-OH is 2. The van der Waals surface area contributed by atoms with Gasteiger partial charge in [0.2, 0.25) is 6.23 Å². The first-order valence-corrected chi connectivity index (χ1v) is 8.25. The number of fused-ring (bicyclic) bond motifs is 3. The van der Waals surface area contributed by atoms with E-state index in [0.29, 0.717) is 17.0 Å². The van der Waals surface area contributed by atoms with Crippen LogP contribution in [0.1, 0.15) is 29.0 Å². The first kappa shape index (κ1) is 16.1. The highest BCUT2D eigenvalue weighted by Crippen LogP contribution is 2.32. The molecule has 1 unspecified atom stereocenters. The van der Waals surface area contributed by atoms with Crippen molar-refractivity contribution in [3.8, 4) is 5.69 Å². The maximum Gasteiger partial charge on any atom is 0.207 e. The van der Waals surface area contributed by atoms with Crippen LogP contribution in [-0.4, -0.2) is 30.7 Å². The normalized spacial score (nSPS) is 16.0. The molecule has 4 rings (SSSR count). The molecule has 1 aromatic heterocycles. The smallest absolute Gasteiger partial charge is 0.207 e. The van der Waals surface area contributed by atoms with Crippen LogP contribution < -0.4 is 0 Å². The van der Waals surface area contributed by atoms with Crippen LogP contribution in [-0.2, 0) is 6.61 Å². The molecule has 2 aromatic carbocycles. The molecule has 1 aliphatic rings. The topological polar surface area (TPSA) is 83.5 Å². The largest absolute Gasteiger partial charge is 0.388 e. The van der Waals surface area contributed by atoms with Crippen LogP contribution in [0.15, 0.2) is 51.9 Å². The molecule has 2 N–H and O–H groups in total. The third kappa shape index (κ3) is 2.58. The molecule has 1 aliphatic heterocycles. The Labute approximate surface area is 150 Å². The molecule has 0 radical (unpaired) electrons. The van der Waals surface area contributed by atoms with Crippen LogP contribution in [0.5, 0.6) is 0 Å². The summed E-state index contributed by atoms with van der Waals surface area (Å²) < 4.78 is 16.7. The van der Waals surface area contributed by atoms with Gasteiger partial charge in [0.15, 0.2) is 11.6 Å². The van der Waals surface area contributed by atoms with E-state index in [9.17, 15) is 14.6 Å². The van der Waals surface area contributed by atoms with Gasteiger partial charge in [-0.1, -0.05) is 28.1 Å². The van der Waals surface area contributed by atoms with Gasteiger partial charge in [-0.15, -0.1) is 10.2 Å².